The van der Waals surface area contributed by atoms with Crippen LogP contribution in [0.15, 0.2) is 12.2 Å². The summed E-state index contributed by atoms with van der Waals surface area (Å²) in [4.78, 5) is 0. The Morgan fingerprint density at radius 1 is 0.926 bits per heavy atom. The van der Waals surface area contributed by atoms with Crippen molar-refractivity contribution in [3.8, 4) is 0 Å². The van der Waals surface area contributed by atoms with E-state index >= 15 is 0 Å². The maximum absolute atomic E-state index is 9.81. The summed E-state index contributed by atoms with van der Waals surface area (Å²) < 4.78 is 10.9. The molecular weight excluding hydrogens is 344 g/mol. The summed E-state index contributed by atoms with van der Waals surface area (Å²) in [5, 5.41) is 28.7. The Morgan fingerprint density at radius 2 is 1.52 bits per heavy atom. The first-order chi connectivity index (χ1) is 13.2. The van der Waals surface area contributed by atoms with E-state index in [1.54, 1.807) is 0 Å². The van der Waals surface area contributed by atoms with Crippen molar-refractivity contribution in [3.05, 3.63) is 12.2 Å². The van der Waals surface area contributed by atoms with Crippen LogP contribution in [0.25, 0.3) is 0 Å². The Kier molecular flexibility index (Phi) is 15.0. The molecule has 1 heterocycles. The number of aliphatic hydroxyl groups is 3. The van der Waals surface area contributed by atoms with E-state index in [4.69, 9.17) is 9.47 Å². The average molecular weight is 387 g/mol. The van der Waals surface area contributed by atoms with Gasteiger partial charge in [0.15, 0.2) is 0 Å². The number of hydrogen-bond donors (Lipinski definition) is 3. The number of allylic oxidation sites excluding steroid dienone is 2. The molecule has 1 saturated heterocycles. The highest BCUT2D eigenvalue weighted by molar-refractivity contribution is 4.88. The van der Waals surface area contributed by atoms with Crippen LogP contribution in [-0.2, 0) is 9.47 Å². The van der Waals surface area contributed by atoms with E-state index < -0.39 is 24.4 Å². The molecule has 1 rings (SSSR count). The van der Waals surface area contributed by atoms with Crippen LogP contribution in [-0.4, -0.2) is 59.6 Å². The van der Waals surface area contributed by atoms with Gasteiger partial charge in [-0.15, -0.1) is 0 Å². The van der Waals surface area contributed by atoms with Gasteiger partial charge in [0, 0.05) is 6.61 Å². The zero-order chi connectivity index (χ0) is 19.7. The van der Waals surface area contributed by atoms with Gasteiger partial charge >= 0.3 is 0 Å². The highest BCUT2D eigenvalue weighted by atomic mass is 16.6. The number of unbranched alkanes of at least 4 members (excludes halogenated alkanes) is 10. The first-order valence-electron chi connectivity index (χ1n) is 11.1. The molecule has 0 aliphatic carbocycles. The van der Waals surface area contributed by atoms with Crippen LogP contribution in [0.1, 0.15) is 84.0 Å². The van der Waals surface area contributed by atoms with Crippen molar-refractivity contribution < 1.29 is 24.8 Å². The minimum Gasteiger partial charge on any atom is -0.394 e. The maximum Gasteiger partial charge on any atom is 0.114 e. The molecule has 0 saturated carbocycles. The van der Waals surface area contributed by atoms with Crippen molar-refractivity contribution in [2.75, 3.05) is 19.8 Å². The molecule has 0 bridgehead atoms. The largest absolute Gasteiger partial charge is 0.394 e. The molecule has 0 amide bonds. The number of rotatable bonds is 17. The third kappa shape index (κ3) is 11.2. The second-order valence-electron chi connectivity index (χ2n) is 7.68. The molecule has 1 aliphatic rings. The van der Waals surface area contributed by atoms with E-state index in [0.717, 1.165) is 25.7 Å². The van der Waals surface area contributed by atoms with Gasteiger partial charge in [-0.2, -0.15) is 0 Å². The summed E-state index contributed by atoms with van der Waals surface area (Å²) in [7, 11) is 0. The van der Waals surface area contributed by atoms with Gasteiger partial charge in [-0.25, -0.2) is 0 Å². The fourth-order valence-electron chi connectivity index (χ4n) is 3.44. The third-order valence-electron chi connectivity index (χ3n) is 5.22. The SMILES string of the molecule is CCCCCCCCC/C=C/CCCCCO[C@@H](CO)[C@@H]1OC[C@@H](O)[C@@H]1O. The topological polar surface area (TPSA) is 79.2 Å². The Labute approximate surface area is 165 Å². The van der Waals surface area contributed by atoms with Crippen molar-refractivity contribution in [1.29, 1.82) is 0 Å². The van der Waals surface area contributed by atoms with Gasteiger partial charge in [-0.05, 0) is 32.1 Å². The van der Waals surface area contributed by atoms with Crippen LogP contribution in [0.2, 0.25) is 0 Å². The molecule has 5 heteroatoms. The lowest BCUT2D eigenvalue weighted by molar-refractivity contribution is -0.101. The van der Waals surface area contributed by atoms with Crippen molar-refractivity contribution in [2.24, 2.45) is 0 Å². The van der Waals surface area contributed by atoms with E-state index in [1.165, 1.54) is 51.4 Å². The lowest BCUT2D eigenvalue weighted by Gasteiger charge is -2.24. The van der Waals surface area contributed by atoms with Gasteiger partial charge in [-0.1, -0.05) is 64.0 Å². The van der Waals surface area contributed by atoms with Crippen LogP contribution in [0.3, 0.4) is 0 Å². The highest BCUT2D eigenvalue weighted by Crippen LogP contribution is 2.19. The average Bonchev–Trinajstić information content (AvgIpc) is 3.00. The molecule has 0 radical (unpaired) electrons. The molecule has 4 atom stereocenters. The van der Waals surface area contributed by atoms with E-state index in [9.17, 15) is 15.3 Å². The monoisotopic (exact) mass is 386 g/mol. The Bertz CT molecular complexity index is 361. The van der Waals surface area contributed by atoms with E-state index in [2.05, 4.69) is 19.1 Å². The highest BCUT2D eigenvalue weighted by Gasteiger charge is 2.40. The van der Waals surface area contributed by atoms with Crippen LogP contribution >= 0.6 is 0 Å². The van der Waals surface area contributed by atoms with Crippen molar-refractivity contribution in [1.82, 2.24) is 0 Å². The summed E-state index contributed by atoms with van der Waals surface area (Å²) >= 11 is 0. The smallest absolute Gasteiger partial charge is 0.114 e. The second kappa shape index (κ2) is 16.5. The Morgan fingerprint density at radius 3 is 2.07 bits per heavy atom. The van der Waals surface area contributed by atoms with E-state index in [0.29, 0.717) is 6.61 Å². The molecule has 27 heavy (non-hydrogen) atoms. The van der Waals surface area contributed by atoms with Crippen LogP contribution in [0.5, 0.6) is 0 Å². The minimum atomic E-state index is -0.983. The van der Waals surface area contributed by atoms with Crippen molar-refractivity contribution in [3.63, 3.8) is 0 Å². The van der Waals surface area contributed by atoms with Crippen LogP contribution < -0.4 is 0 Å². The predicted molar refractivity (Wildman–Crippen MR) is 109 cm³/mol. The zero-order valence-electron chi connectivity index (χ0n) is 17.2. The standard InChI is InChI=1S/C22H42O5/c1-2-3-4-5-6-7-8-9-10-11-12-13-14-15-16-26-20(17-23)22-21(25)19(24)18-27-22/h10-11,19-25H,2-9,12-18H2,1H3/b11-10+/t19-,20+,21+,22+/m1/s1. The summed E-state index contributed by atoms with van der Waals surface area (Å²) in [6, 6.07) is 0. The lowest BCUT2D eigenvalue weighted by atomic mass is 10.1. The zero-order valence-corrected chi connectivity index (χ0v) is 17.2. The molecule has 0 spiro atoms. The number of hydrogen-bond acceptors (Lipinski definition) is 5. The van der Waals surface area contributed by atoms with Gasteiger partial charge in [-0.3, -0.25) is 0 Å². The molecule has 5 nitrogen and oxygen atoms in total. The summed E-state index contributed by atoms with van der Waals surface area (Å²) in [5.74, 6) is 0. The minimum absolute atomic E-state index is 0.0941. The fourth-order valence-corrected chi connectivity index (χ4v) is 3.44. The molecule has 0 aromatic rings. The number of ether oxygens (including phenoxy) is 2. The van der Waals surface area contributed by atoms with Gasteiger partial charge in [0.25, 0.3) is 0 Å². The van der Waals surface area contributed by atoms with Gasteiger partial charge in [0.2, 0.25) is 0 Å². The van der Waals surface area contributed by atoms with Crippen molar-refractivity contribution >= 4 is 0 Å². The summed E-state index contributed by atoms with van der Waals surface area (Å²) in [6.07, 6.45) is 16.5. The quantitative estimate of drug-likeness (QED) is 0.262. The third-order valence-corrected chi connectivity index (χ3v) is 5.22. The van der Waals surface area contributed by atoms with Crippen LogP contribution in [0, 0.1) is 0 Å². The molecule has 0 aromatic carbocycles. The Hall–Kier alpha value is -0.460. The maximum atomic E-state index is 9.81. The molecule has 1 fully saturated rings. The fraction of sp³-hybridized carbons (Fsp3) is 0.909. The first kappa shape index (κ1) is 24.6. The summed E-state index contributed by atoms with van der Waals surface area (Å²) in [5.41, 5.74) is 0. The molecule has 3 N–H and O–H groups in total. The van der Waals surface area contributed by atoms with E-state index in [-0.39, 0.29) is 13.2 Å². The first-order valence-corrected chi connectivity index (χ1v) is 11.1. The molecule has 0 unspecified atom stereocenters. The van der Waals surface area contributed by atoms with Gasteiger partial charge < -0.3 is 24.8 Å². The molecule has 1 aliphatic heterocycles. The van der Waals surface area contributed by atoms with Gasteiger partial charge in [0.1, 0.15) is 24.4 Å². The Balaban J connectivity index is 1.90. The number of aliphatic hydroxyl groups excluding tert-OH is 3. The van der Waals surface area contributed by atoms with Crippen molar-refractivity contribution in [2.45, 2.75) is 108 Å². The lowest BCUT2D eigenvalue weighted by Crippen LogP contribution is -2.42. The molecule has 160 valence electrons. The van der Waals surface area contributed by atoms with E-state index in [1.807, 2.05) is 0 Å². The summed E-state index contributed by atoms with van der Waals surface area (Å²) in [6.45, 7) is 2.68. The predicted octanol–water partition coefficient (Wildman–Crippen LogP) is 3.74. The second-order valence-corrected chi connectivity index (χ2v) is 7.68. The van der Waals surface area contributed by atoms with Crippen LogP contribution in [0.4, 0.5) is 0 Å². The molecule has 0 aromatic heterocycles. The van der Waals surface area contributed by atoms with Gasteiger partial charge in [0.05, 0.1) is 13.2 Å². The molecular formula is C22H42O5. The normalized spacial score (nSPS) is 24.1.